The van der Waals surface area contributed by atoms with Gasteiger partial charge in [-0.25, -0.2) is 0 Å². The van der Waals surface area contributed by atoms with Gasteiger partial charge in [0.2, 0.25) is 0 Å². The second-order valence-electron chi connectivity index (χ2n) is 6.96. The van der Waals surface area contributed by atoms with Gasteiger partial charge in [-0.1, -0.05) is 54.6 Å². The van der Waals surface area contributed by atoms with Crippen LogP contribution in [0.25, 0.3) is 11.6 Å². The lowest BCUT2D eigenvalue weighted by Gasteiger charge is -2.18. The smallest absolute Gasteiger partial charge is 0.262 e. The minimum Gasteiger partial charge on any atom is -0.482 e. The number of hydrogen-bond donors (Lipinski definition) is 1. The maximum absolute atomic E-state index is 11.6. The second-order valence-corrected chi connectivity index (χ2v) is 6.96. The van der Waals surface area contributed by atoms with Crippen LogP contribution >= 0.6 is 0 Å². The number of anilines is 1. The van der Waals surface area contributed by atoms with Crippen molar-refractivity contribution in [3.8, 4) is 5.75 Å². The fourth-order valence-electron chi connectivity index (χ4n) is 3.93. The Labute approximate surface area is 158 Å². The number of carbonyl (C=O) groups excluding carboxylic acids is 1. The fraction of sp³-hybridized carbons (Fsp3) is 0.125. The average molecular weight is 353 g/mol. The van der Waals surface area contributed by atoms with Gasteiger partial charge in [-0.3, -0.25) is 4.79 Å². The van der Waals surface area contributed by atoms with Crippen molar-refractivity contribution in [2.45, 2.75) is 12.8 Å². The Hall–Kier alpha value is -3.33. The molecule has 0 radical (unpaired) electrons. The Morgan fingerprint density at radius 2 is 1.52 bits per heavy atom. The van der Waals surface area contributed by atoms with Crippen molar-refractivity contribution in [1.29, 1.82) is 0 Å². The molecule has 0 saturated carbocycles. The molecule has 1 aliphatic heterocycles. The highest BCUT2D eigenvalue weighted by atomic mass is 16.5. The zero-order valence-electron chi connectivity index (χ0n) is 14.9. The molecule has 1 aliphatic carbocycles. The molecule has 27 heavy (non-hydrogen) atoms. The molecule has 1 amide bonds. The largest absolute Gasteiger partial charge is 0.482 e. The summed E-state index contributed by atoms with van der Waals surface area (Å²) in [4.78, 5) is 11.6. The molecule has 5 rings (SSSR count). The lowest BCUT2D eigenvalue weighted by atomic mass is 9.92. The summed E-state index contributed by atoms with van der Waals surface area (Å²) in [6.07, 6.45) is 4.29. The Balaban J connectivity index is 1.68. The van der Waals surface area contributed by atoms with Crippen molar-refractivity contribution in [3.05, 3.63) is 94.5 Å². The molecule has 3 heteroatoms. The molecule has 0 saturated heterocycles. The quantitative estimate of drug-likeness (QED) is 0.688. The summed E-state index contributed by atoms with van der Waals surface area (Å²) in [6, 6.07) is 23.2. The predicted octanol–water partition coefficient (Wildman–Crippen LogP) is 4.71. The minimum absolute atomic E-state index is 0.0776. The number of rotatable bonds is 1. The number of ether oxygens (including phenoxy) is 1. The van der Waals surface area contributed by atoms with Crippen molar-refractivity contribution in [2.75, 3.05) is 11.9 Å². The molecule has 1 N–H and O–H groups in total. The molecule has 1 heterocycles. The summed E-state index contributed by atoms with van der Waals surface area (Å²) in [6.45, 7) is 0.0776. The molecular weight excluding hydrogens is 334 g/mol. The van der Waals surface area contributed by atoms with Gasteiger partial charge in [-0.05, 0) is 64.4 Å². The van der Waals surface area contributed by atoms with E-state index in [2.05, 4.69) is 59.9 Å². The molecule has 3 aromatic carbocycles. The van der Waals surface area contributed by atoms with E-state index in [0.29, 0.717) is 0 Å². The number of amides is 1. The predicted molar refractivity (Wildman–Crippen MR) is 108 cm³/mol. The van der Waals surface area contributed by atoms with E-state index in [0.717, 1.165) is 29.8 Å². The number of aryl methyl sites for hydroxylation is 2. The maximum Gasteiger partial charge on any atom is 0.262 e. The van der Waals surface area contributed by atoms with E-state index in [9.17, 15) is 4.79 Å². The van der Waals surface area contributed by atoms with E-state index >= 15 is 0 Å². The molecule has 0 bridgehead atoms. The Kier molecular flexibility index (Phi) is 3.79. The second kappa shape index (κ2) is 6.44. The highest BCUT2D eigenvalue weighted by Crippen LogP contribution is 2.36. The van der Waals surface area contributed by atoms with Crippen LogP contribution in [0.4, 0.5) is 5.69 Å². The first kappa shape index (κ1) is 15.9. The third-order valence-electron chi connectivity index (χ3n) is 5.23. The normalized spacial score (nSPS) is 14.8. The van der Waals surface area contributed by atoms with Gasteiger partial charge in [-0.2, -0.15) is 0 Å². The molecule has 3 aromatic rings. The lowest BCUT2D eigenvalue weighted by molar-refractivity contribution is -0.118. The topological polar surface area (TPSA) is 38.3 Å². The van der Waals surface area contributed by atoms with Gasteiger partial charge in [0.15, 0.2) is 6.61 Å². The molecular formula is C24H19NO2. The van der Waals surface area contributed by atoms with E-state index < -0.39 is 0 Å². The first-order valence-electron chi connectivity index (χ1n) is 9.23. The Morgan fingerprint density at radius 1 is 0.852 bits per heavy atom. The number of fused-ring (bicyclic) bond motifs is 3. The summed E-state index contributed by atoms with van der Waals surface area (Å²) in [5, 5.41) is 2.89. The highest BCUT2D eigenvalue weighted by Gasteiger charge is 2.19. The van der Waals surface area contributed by atoms with Gasteiger partial charge in [0, 0.05) is 0 Å². The maximum atomic E-state index is 11.6. The lowest BCUT2D eigenvalue weighted by Crippen LogP contribution is -2.25. The van der Waals surface area contributed by atoms with Crippen LogP contribution in [-0.4, -0.2) is 12.5 Å². The summed E-state index contributed by atoms with van der Waals surface area (Å²) in [5.41, 5.74) is 8.29. The van der Waals surface area contributed by atoms with Gasteiger partial charge in [-0.15, -0.1) is 0 Å². The van der Waals surface area contributed by atoms with Crippen molar-refractivity contribution >= 4 is 23.2 Å². The van der Waals surface area contributed by atoms with E-state index in [1.165, 1.54) is 27.8 Å². The van der Waals surface area contributed by atoms with E-state index in [1.807, 2.05) is 18.2 Å². The zero-order chi connectivity index (χ0) is 18.2. The van der Waals surface area contributed by atoms with Crippen LogP contribution in [0.1, 0.15) is 27.8 Å². The van der Waals surface area contributed by atoms with Crippen LogP contribution in [0.2, 0.25) is 0 Å². The van der Waals surface area contributed by atoms with Crippen LogP contribution in [0, 0.1) is 0 Å². The van der Waals surface area contributed by atoms with E-state index in [1.54, 1.807) is 0 Å². The number of benzene rings is 3. The van der Waals surface area contributed by atoms with Gasteiger partial charge < -0.3 is 10.1 Å². The fourth-order valence-corrected chi connectivity index (χ4v) is 3.93. The monoisotopic (exact) mass is 353 g/mol. The summed E-state index contributed by atoms with van der Waals surface area (Å²) in [5.74, 6) is 0.607. The summed E-state index contributed by atoms with van der Waals surface area (Å²) < 4.78 is 5.48. The molecule has 0 unspecified atom stereocenters. The third-order valence-corrected chi connectivity index (χ3v) is 5.23. The van der Waals surface area contributed by atoms with Gasteiger partial charge >= 0.3 is 0 Å². The van der Waals surface area contributed by atoms with Crippen LogP contribution < -0.4 is 10.1 Å². The molecule has 0 spiro atoms. The Bertz CT molecular complexity index is 1030. The molecule has 3 nitrogen and oxygen atoms in total. The van der Waals surface area contributed by atoms with Crippen molar-refractivity contribution in [2.24, 2.45) is 0 Å². The molecule has 0 atom stereocenters. The first-order valence-corrected chi connectivity index (χ1v) is 9.23. The number of carbonyl (C=O) groups is 1. The van der Waals surface area contributed by atoms with Crippen molar-refractivity contribution in [3.63, 3.8) is 0 Å². The van der Waals surface area contributed by atoms with Crippen LogP contribution in [-0.2, 0) is 17.6 Å². The molecule has 0 fully saturated rings. The van der Waals surface area contributed by atoms with Crippen LogP contribution in [0.3, 0.4) is 0 Å². The Morgan fingerprint density at radius 3 is 2.22 bits per heavy atom. The van der Waals surface area contributed by atoms with Gasteiger partial charge in [0.05, 0.1) is 5.69 Å². The van der Waals surface area contributed by atoms with Gasteiger partial charge in [0.25, 0.3) is 5.91 Å². The SMILES string of the molecule is O=C1COc2ccc(C=C3c4ccccc4CCc4ccccc43)cc2N1. The average Bonchev–Trinajstić information content (AvgIpc) is 2.85. The first-order chi connectivity index (χ1) is 13.3. The van der Waals surface area contributed by atoms with Crippen LogP contribution in [0.15, 0.2) is 66.7 Å². The van der Waals surface area contributed by atoms with E-state index in [4.69, 9.17) is 4.74 Å². The molecule has 0 aromatic heterocycles. The van der Waals surface area contributed by atoms with Crippen molar-refractivity contribution < 1.29 is 9.53 Å². The minimum atomic E-state index is -0.113. The molecule has 132 valence electrons. The van der Waals surface area contributed by atoms with Crippen molar-refractivity contribution in [1.82, 2.24) is 0 Å². The highest BCUT2D eigenvalue weighted by molar-refractivity contribution is 5.97. The number of hydrogen-bond acceptors (Lipinski definition) is 2. The van der Waals surface area contributed by atoms with E-state index in [-0.39, 0.29) is 12.5 Å². The standard InChI is InChI=1S/C24H19NO2/c26-24-15-27-23-12-9-16(14-22(23)25-24)13-21-19-7-3-1-5-17(19)10-11-18-6-2-4-8-20(18)21/h1-9,12-14H,10-11,15H2,(H,25,26). The number of nitrogens with one attached hydrogen (secondary N) is 1. The summed E-state index contributed by atoms with van der Waals surface area (Å²) >= 11 is 0. The van der Waals surface area contributed by atoms with Crippen LogP contribution in [0.5, 0.6) is 5.75 Å². The zero-order valence-corrected chi connectivity index (χ0v) is 14.9. The summed E-state index contributed by atoms with van der Waals surface area (Å²) in [7, 11) is 0. The third kappa shape index (κ3) is 2.91. The molecule has 2 aliphatic rings. The van der Waals surface area contributed by atoms with Gasteiger partial charge in [0.1, 0.15) is 5.75 Å².